The van der Waals surface area contributed by atoms with Crippen molar-refractivity contribution >= 4 is 27.5 Å². The van der Waals surface area contributed by atoms with Crippen LogP contribution >= 0.6 is 11.6 Å². The minimum absolute atomic E-state index is 0.0215. The Morgan fingerprint density at radius 3 is 1.91 bits per heavy atom. The fourth-order valence-corrected chi connectivity index (χ4v) is 5.25. The first-order chi connectivity index (χ1) is 16.3. The first-order valence-corrected chi connectivity index (χ1v) is 12.9. The third-order valence-corrected chi connectivity index (χ3v) is 7.50. The Kier molecular flexibility index (Phi) is 9.10. The number of ether oxygens (including phenoxy) is 1. The summed E-state index contributed by atoms with van der Waals surface area (Å²) in [5.74, 6) is 0.134. The highest BCUT2D eigenvalue weighted by molar-refractivity contribution is 7.89. The summed E-state index contributed by atoms with van der Waals surface area (Å²) in [6, 6.07) is 23.6. The van der Waals surface area contributed by atoms with Gasteiger partial charge < -0.3 is 9.64 Å². The summed E-state index contributed by atoms with van der Waals surface area (Å²) in [5.41, 5.74) is 1.94. The average molecular weight is 501 g/mol. The van der Waals surface area contributed by atoms with E-state index >= 15 is 0 Å². The summed E-state index contributed by atoms with van der Waals surface area (Å²) >= 11 is 6.22. The van der Waals surface area contributed by atoms with E-state index in [1.54, 1.807) is 11.8 Å². The number of halogens is 1. The predicted octanol–water partition coefficient (Wildman–Crippen LogP) is 4.98. The highest BCUT2D eigenvalue weighted by Crippen LogP contribution is 2.29. The van der Waals surface area contributed by atoms with Crippen LogP contribution in [0.2, 0.25) is 5.02 Å². The van der Waals surface area contributed by atoms with Crippen molar-refractivity contribution in [3.63, 3.8) is 0 Å². The van der Waals surface area contributed by atoms with Crippen molar-refractivity contribution in [3.8, 4) is 5.75 Å². The number of sulfonamides is 1. The summed E-state index contributed by atoms with van der Waals surface area (Å²) in [4.78, 5) is 15.1. The first kappa shape index (κ1) is 25.7. The Morgan fingerprint density at radius 2 is 1.44 bits per heavy atom. The van der Waals surface area contributed by atoms with Crippen molar-refractivity contribution in [1.82, 2.24) is 9.21 Å². The van der Waals surface area contributed by atoms with E-state index in [1.807, 2.05) is 67.6 Å². The van der Waals surface area contributed by atoms with Gasteiger partial charge in [-0.25, -0.2) is 8.42 Å². The zero-order valence-corrected chi connectivity index (χ0v) is 20.9. The van der Waals surface area contributed by atoms with E-state index in [0.29, 0.717) is 25.4 Å². The lowest BCUT2D eigenvalue weighted by Crippen LogP contribution is -2.42. The van der Waals surface area contributed by atoms with Gasteiger partial charge in [0.05, 0.1) is 23.1 Å². The molecule has 0 heterocycles. The van der Waals surface area contributed by atoms with Gasteiger partial charge in [-0.05, 0) is 36.2 Å². The van der Waals surface area contributed by atoms with Gasteiger partial charge in [0.25, 0.3) is 0 Å². The molecule has 3 aromatic rings. The van der Waals surface area contributed by atoms with Crippen LogP contribution in [0.3, 0.4) is 0 Å². The Hall–Kier alpha value is -2.87. The van der Waals surface area contributed by atoms with E-state index in [1.165, 1.54) is 22.5 Å². The second-order valence-electron chi connectivity index (χ2n) is 7.68. The third-order valence-electron chi connectivity index (χ3n) is 5.29. The maximum Gasteiger partial charge on any atom is 0.243 e. The molecule has 0 saturated carbocycles. The third kappa shape index (κ3) is 6.59. The molecule has 3 aromatic carbocycles. The number of carbonyl (C=O) groups excluding carboxylic acids is 1. The molecule has 0 unspecified atom stereocenters. The number of rotatable bonds is 11. The monoisotopic (exact) mass is 500 g/mol. The number of amides is 1. The van der Waals surface area contributed by atoms with Crippen LogP contribution in [-0.2, 0) is 27.9 Å². The van der Waals surface area contributed by atoms with Gasteiger partial charge in [0.1, 0.15) is 5.75 Å². The Morgan fingerprint density at radius 1 is 0.882 bits per heavy atom. The van der Waals surface area contributed by atoms with Crippen molar-refractivity contribution in [1.29, 1.82) is 0 Å². The molecule has 0 saturated heterocycles. The van der Waals surface area contributed by atoms with Gasteiger partial charge in [-0.1, -0.05) is 79.2 Å². The molecule has 0 radical (unpaired) electrons. The van der Waals surface area contributed by atoms with Crippen molar-refractivity contribution in [3.05, 3.63) is 95.0 Å². The van der Waals surface area contributed by atoms with Gasteiger partial charge in [-0.3, -0.25) is 4.79 Å². The highest BCUT2D eigenvalue weighted by Gasteiger charge is 2.28. The zero-order chi connectivity index (χ0) is 24.6. The Balaban J connectivity index is 1.83. The minimum Gasteiger partial charge on any atom is -0.492 e. The molecule has 3 rings (SSSR count). The minimum atomic E-state index is -3.93. The van der Waals surface area contributed by atoms with Crippen LogP contribution in [0.25, 0.3) is 0 Å². The fourth-order valence-electron chi connectivity index (χ4n) is 3.52. The lowest BCUT2D eigenvalue weighted by Gasteiger charge is -2.27. The molecular weight excluding hydrogens is 472 g/mol. The van der Waals surface area contributed by atoms with Gasteiger partial charge in [0.15, 0.2) is 0 Å². The molecule has 8 heteroatoms. The second-order valence-corrected chi connectivity index (χ2v) is 10.0. The maximum atomic E-state index is 13.4. The number of carbonyl (C=O) groups is 1. The van der Waals surface area contributed by atoms with Gasteiger partial charge >= 0.3 is 0 Å². The summed E-state index contributed by atoms with van der Waals surface area (Å²) in [7, 11) is -3.93. The standard InChI is InChI=1S/C26H29ClN2O4S/c1-3-29(34(31,32)23-15-16-25(33-4-2)24(27)17-23)20-26(30)28(18-21-11-7-5-8-12-21)19-22-13-9-6-10-14-22/h5-17H,3-4,18-20H2,1-2H3. The largest absolute Gasteiger partial charge is 0.492 e. The van der Waals surface area contributed by atoms with Crippen LogP contribution in [0.15, 0.2) is 83.8 Å². The summed E-state index contributed by atoms with van der Waals surface area (Å²) in [5, 5.41) is 0.208. The molecule has 0 fully saturated rings. The molecule has 0 atom stereocenters. The average Bonchev–Trinajstić information content (AvgIpc) is 2.84. The first-order valence-electron chi connectivity index (χ1n) is 11.1. The van der Waals surface area contributed by atoms with Crippen LogP contribution < -0.4 is 4.74 Å². The van der Waals surface area contributed by atoms with E-state index in [2.05, 4.69) is 0 Å². The molecule has 180 valence electrons. The number of likely N-dealkylation sites (N-methyl/N-ethyl adjacent to an activating group) is 1. The quantitative estimate of drug-likeness (QED) is 0.372. The van der Waals surface area contributed by atoms with E-state index in [-0.39, 0.29) is 28.9 Å². The van der Waals surface area contributed by atoms with Crippen molar-refractivity contribution in [2.24, 2.45) is 0 Å². The Labute approximate surface area is 206 Å². The molecule has 0 aliphatic carbocycles. The maximum absolute atomic E-state index is 13.4. The number of benzene rings is 3. The second kappa shape index (κ2) is 12.0. The van der Waals surface area contributed by atoms with E-state index in [4.69, 9.17) is 16.3 Å². The summed E-state index contributed by atoms with van der Waals surface area (Å²) < 4.78 is 33.2. The highest BCUT2D eigenvalue weighted by atomic mass is 35.5. The summed E-state index contributed by atoms with van der Waals surface area (Å²) in [6.45, 7) is 4.57. The van der Waals surface area contributed by atoms with Crippen LogP contribution in [0, 0.1) is 0 Å². The zero-order valence-electron chi connectivity index (χ0n) is 19.4. The normalized spacial score (nSPS) is 11.4. The van der Waals surface area contributed by atoms with E-state index in [0.717, 1.165) is 11.1 Å². The van der Waals surface area contributed by atoms with Crippen molar-refractivity contribution in [2.45, 2.75) is 31.8 Å². The number of nitrogens with zero attached hydrogens (tertiary/aromatic N) is 2. The molecule has 0 aliphatic heterocycles. The molecular formula is C26H29ClN2O4S. The Bertz CT molecular complexity index is 1150. The molecule has 0 N–H and O–H groups in total. The van der Waals surface area contributed by atoms with Gasteiger partial charge in [0.2, 0.25) is 15.9 Å². The van der Waals surface area contributed by atoms with Crippen LogP contribution in [-0.4, -0.2) is 43.2 Å². The van der Waals surface area contributed by atoms with Crippen molar-refractivity contribution in [2.75, 3.05) is 19.7 Å². The molecule has 0 spiro atoms. The molecule has 0 aromatic heterocycles. The molecule has 34 heavy (non-hydrogen) atoms. The van der Waals surface area contributed by atoms with Crippen LogP contribution in [0.1, 0.15) is 25.0 Å². The SMILES string of the molecule is CCOc1ccc(S(=O)(=O)N(CC)CC(=O)N(Cc2ccccc2)Cc2ccccc2)cc1Cl. The number of hydrogen-bond acceptors (Lipinski definition) is 4. The fraction of sp³-hybridized carbons (Fsp3) is 0.269. The lowest BCUT2D eigenvalue weighted by molar-refractivity contribution is -0.132. The smallest absolute Gasteiger partial charge is 0.243 e. The van der Waals surface area contributed by atoms with E-state index in [9.17, 15) is 13.2 Å². The van der Waals surface area contributed by atoms with Crippen molar-refractivity contribution < 1.29 is 17.9 Å². The predicted molar refractivity (Wildman–Crippen MR) is 134 cm³/mol. The molecule has 1 amide bonds. The van der Waals surface area contributed by atoms with Crippen LogP contribution in [0.5, 0.6) is 5.75 Å². The molecule has 0 aliphatic rings. The van der Waals surface area contributed by atoms with Gasteiger partial charge in [0, 0.05) is 19.6 Å². The van der Waals surface area contributed by atoms with Gasteiger partial charge in [-0.15, -0.1) is 0 Å². The number of hydrogen-bond donors (Lipinski definition) is 0. The molecule has 0 bridgehead atoms. The van der Waals surface area contributed by atoms with Crippen LogP contribution in [0.4, 0.5) is 0 Å². The van der Waals surface area contributed by atoms with Gasteiger partial charge in [-0.2, -0.15) is 4.31 Å². The van der Waals surface area contributed by atoms with E-state index < -0.39 is 10.0 Å². The lowest BCUT2D eigenvalue weighted by atomic mass is 10.1. The topological polar surface area (TPSA) is 66.9 Å². The summed E-state index contributed by atoms with van der Waals surface area (Å²) in [6.07, 6.45) is 0. The molecule has 6 nitrogen and oxygen atoms in total.